The number of allylic oxidation sites excluding steroid dienone is 2. The normalized spacial score (nSPS) is 30.4. The van der Waals surface area contributed by atoms with Crippen LogP contribution in [-0.2, 0) is 11.2 Å². The van der Waals surface area contributed by atoms with E-state index in [4.69, 9.17) is 9.47 Å². The van der Waals surface area contributed by atoms with Crippen molar-refractivity contribution in [3.8, 4) is 5.88 Å². The van der Waals surface area contributed by atoms with Gasteiger partial charge in [0.25, 0.3) is 0 Å². The van der Waals surface area contributed by atoms with E-state index in [9.17, 15) is 5.11 Å². The average Bonchev–Trinajstić information content (AvgIpc) is 3.30. The molecular weight excluding hydrogens is 354 g/mol. The SMILES string of the molecule is OCC[C@H]1CCC2=C1c1c(ncnc1O[C@H]1CC[C@H](N3CCOCC3)CC1)C2. The molecule has 1 aliphatic heterocycles. The number of hydrogen-bond donors (Lipinski definition) is 1. The lowest BCUT2D eigenvalue weighted by molar-refractivity contribution is -0.00143. The van der Waals surface area contributed by atoms with E-state index in [1.807, 2.05) is 0 Å². The van der Waals surface area contributed by atoms with Gasteiger partial charge < -0.3 is 14.6 Å². The van der Waals surface area contributed by atoms with Crippen molar-refractivity contribution in [2.45, 2.75) is 63.5 Å². The topological polar surface area (TPSA) is 67.7 Å². The number of rotatable bonds is 5. The molecule has 0 amide bonds. The van der Waals surface area contributed by atoms with Crippen molar-refractivity contribution >= 4 is 5.57 Å². The second-order valence-electron chi connectivity index (χ2n) is 8.64. The third-order valence-electron chi connectivity index (χ3n) is 7.09. The predicted octanol–water partition coefficient (Wildman–Crippen LogP) is 2.60. The molecule has 152 valence electrons. The van der Waals surface area contributed by atoms with E-state index in [-0.39, 0.29) is 12.7 Å². The van der Waals surface area contributed by atoms with Crippen molar-refractivity contribution in [2.75, 3.05) is 32.9 Å². The lowest BCUT2D eigenvalue weighted by Crippen LogP contribution is -2.46. The Morgan fingerprint density at radius 3 is 2.71 bits per heavy atom. The fraction of sp³-hybridized carbons (Fsp3) is 0.727. The van der Waals surface area contributed by atoms with Crippen LogP contribution < -0.4 is 4.74 Å². The van der Waals surface area contributed by atoms with E-state index in [1.54, 1.807) is 6.33 Å². The molecular formula is C22H31N3O3. The van der Waals surface area contributed by atoms with E-state index < -0.39 is 0 Å². The first kappa shape index (κ1) is 18.5. The van der Waals surface area contributed by atoms with Crippen LogP contribution in [0.3, 0.4) is 0 Å². The molecule has 1 aromatic rings. The third kappa shape index (κ3) is 3.46. The van der Waals surface area contributed by atoms with Crippen LogP contribution in [0.2, 0.25) is 0 Å². The highest BCUT2D eigenvalue weighted by molar-refractivity contribution is 5.81. The number of aliphatic hydroxyl groups excluding tert-OH is 1. The molecule has 2 fully saturated rings. The van der Waals surface area contributed by atoms with Crippen molar-refractivity contribution in [2.24, 2.45) is 5.92 Å². The van der Waals surface area contributed by atoms with Crippen molar-refractivity contribution in [3.05, 3.63) is 23.2 Å². The fourth-order valence-electron chi connectivity index (χ4n) is 5.65. The van der Waals surface area contributed by atoms with Gasteiger partial charge in [-0.25, -0.2) is 9.97 Å². The Hall–Kier alpha value is -1.50. The largest absolute Gasteiger partial charge is 0.474 e. The number of hydrogen-bond acceptors (Lipinski definition) is 6. The van der Waals surface area contributed by atoms with Crippen molar-refractivity contribution in [3.63, 3.8) is 0 Å². The molecule has 0 radical (unpaired) electrons. The van der Waals surface area contributed by atoms with Gasteiger partial charge in [-0.15, -0.1) is 0 Å². The molecule has 1 N–H and O–H groups in total. The molecule has 28 heavy (non-hydrogen) atoms. The number of nitrogens with zero attached hydrogens (tertiary/aromatic N) is 3. The zero-order valence-electron chi connectivity index (χ0n) is 16.6. The number of aliphatic hydroxyl groups is 1. The molecule has 5 rings (SSSR count). The van der Waals surface area contributed by atoms with Crippen LogP contribution in [0.5, 0.6) is 5.88 Å². The molecule has 3 aliphatic carbocycles. The van der Waals surface area contributed by atoms with Crippen LogP contribution in [0.4, 0.5) is 0 Å². The summed E-state index contributed by atoms with van der Waals surface area (Å²) < 4.78 is 12.0. The predicted molar refractivity (Wildman–Crippen MR) is 106 cm³/mol. The van der Waals surface area contributed by atoms with Crippen LogP contribution in [0.1, 0.15) is 56.2 Å². The van der Waals surface area contributed by atoms with Gasteiger partial charge >= 0.3 is 0 Å². The van der Waals surface area contributed by atoms with Crippen LogP contribution in [0.25, 0.3) is 5.57 Å². The highest BCUT2D eigenvalue weighted by Crippen LogP contribution is 2.49. The van der Waals surface area contributed by atoms with Gasteiger partial charge in [0.1, 0.15) is 12.4 Å². The molecule has 2 heterocycles. The zero-order valence-corrected chi connectivity index (χ0v) is 16.6. The maximum absolute atomic E-state index is 9.46. The molecule has 0 spiro atoms. The Morgan fingerprint density at radius 2 is 1.93 bits per heavy atom. The van der Waals surface area contributed by atoms with Crippen molar-refractivity contribution in [1.82, 2.24) is 14.9 Å². The summed E-state index contributed by atoms with van der Waals surface area (Å²) >= 11 is 0. The summed E-state index contributed by atoms with van der Waals surface area (Å²) in [7, 11) is 0. The van der Waals surface area contributed by atoms with E-state index in [1.165, 1.54) is 24.0 Å². The van der Waals surface area contributed by atoms with Gasteiger partial charge in [-0.2, -0.15) is 0 Å². The molecule has 4 aliphatic rings. The summed E-state index contributed by atoms with van der Waals surface area (Å²) in [5.74, 6) is 1.22. The van der Waals surface area contributed by atoms with Gasteiger partial charge in [-0.1, -0.05) is 5.57 Å². The smallest absolute Gasteiger partial charge is 0.224 e. The maximum atomic E-state index is 9.46. The molecule has 1 atom stereocenters. The zero-order chi connectivity index (χ0) is 18.9. The molecule has 6 nitrogen and oxygen atoms in total. The Labute approximate surface area is 167 Å². The Morgan fingerprint density at radius 1 is 1.11 bits per heavy atom. The minimum Gasteiger partial charge on any atom is -0.474 e. The van der Waals surface area contributed by atoms with E-state index in [0.29, 0.717) is 12.0 Å². The van der Waals surface area contributed by atoms with Crippen LogP contribution in [0, 0.1) is 5.92 Å². The van der Waals surface area contributed by atoms with Gasteiger partial charge in [0.2, 0.25) is 5.88 Å². The van der Waals surface area contributed by atoms with Gasteiger partial charge in [0.15, 0.2) is 0 Å². The number of aromatic nitrogens is 2. The molecule has 0 bridgehead atoms. The molecule has 1 saturated carbocycles. The van der Waals surface area contributed by atoms with Crippen LogP contribution >= 0.6 is 0 Å². The summed E-state index contributed by atoms with van der Waals surface area (Å²) in [6, 6.07) is 0.679. The fourth-order valence-corrected chi connectivity index (χ4v) is 5.65. The van der Waals surface area contributed by atoms with Crippen LogP contribution in [0.15, 0.2) is 11.9 Å². The lowest BCUT2D eigenvalue weighted by atomic mass is 9.91. The average molecular weight is 386 g/mol. The first-order valence-electron chi connectivity index (χ1n) is 11.0. The molecule has 0 unspecified atom stereocenters. The molecule has 6 heteroatoms. The molecule has 1 saturated heterocycles. The minimum atomic E-state index is 0.242. The van der Waals surface area contributed by atoms with Gasteiger partial charge in [-0.3, -0.25) is 4.90 Å². The quantitative estimate of drug-likeness (QED) is 0.840. The number of ether oxygens (including phenoxy) is 2. The second-order valence-corrected chi connectivity index (χ2v) is 8.64. The third-order valence-corrected chi connectivity index (χ3v) is 7.09. The summed E-state index contributed by atoms with van der Waals surface area (Å²) in [5.41, 5.74) is 5.17. The standard InChI is InChI=1S/C22H31N3O3/c26-10-7-15-1-2-16-13-19-21(20(15)16)22(24-14-23-19)28-18-5-3-17(4-6-18)25-8-11-27-12-9-25/h14-15,17-18,26H,1-13H2/t15-,17-,18-/m1/s1. The molecule has 1 aromatic heterocycles. The Balaban J connectivity index is 1.27. The van der Waals surface area contributed by atoms with Gasteiger partial charge in [0.05, 0.1) is 24.5 Å². The van der Waals surface area contributed by atoms with Crippen molar-refractivity contribution < 1.29 is 14.6 Å². The summed E-state index contributed by atoms with van der Waals surface area (Å²) in [6.45, 7) is 4.12. The van der Waals surface area contributed by atoms with E-state index in [2.05, 4.69) is 14.9 Å². The summed E-state index contributed by atoms with van der Waals surface area (Å²) in [6.07, 6.45) is 10.5. The van der Waals surface area contributed by atoms with Crippen LogP contribution in [-0.4, -0.2) is 65.0 Å². The number of morpholine rings is 1. The minimum absolute atomic E-state index is 0.242. The Kier molecular flexibility index (Phi) is 5.35. The highest BCUT2D eigenvalue weighted by Gasteiger charge is 2.37. The Bertz CT molecular complexity index is 737. The maximum Gasteiger partial charge on any atom is 0.224 e. The number of fused-ring (bicyclic) bond motifs is 2. The monoisotopic (exact) mass is 385 g/mol. The summed E-state index contributed by atoms with van der Waals surface area (Å²) in [4.78, 5) is 11.7. The second kappa shape index (κ2) is 8.09. The lowest BCUT2D eigenvalue weighted by Gasteiger charge is -2.38. The first-order chi connectivity index (χ1) is 13.8. The van der Waals surface area contributed by atoms with Gasteiger partial charge in [-0.05, 0) is 56.4 Å². The van der Waals surface area contributed by atoms with Crippen molar-refractivity contribution in [1.29, 1.82) is 0 Å². The van der Waals surface area contributed by atoms with E-state index >= 15 is 0 Å². The summed E-state index contributed by atoms with van der Waals surface area (Å²) in [5, 5.41) is 9.46. The molecule has 0 aromatic carbocycles. The highest BCUT2D eigenvalue weighted by atomic mass is 16.5. The first-order valence-corrected chi connectivity index (χ1v) is 11.0. The van der Waals surface area contributed by atoms with E-state index in [0.717, 1.165) is 82.0 Å². The van der Waals surface area contributed by atoms with Gasteiger partial charge in [0, 0.05) is 32.2 Å².